The van der Waals surface area contributed by atoms with Crippen LogP contribution in [-0.2, 0) is 9.53 Å². The minimum atomic E-state index is -4.74. The Bertz CT molecular complexity index is 484. The number of nitrogens with zero attached hydrogens (tertiary/aromatic N) is 1. The van der Waals surface area contributed by atoms with E-state index in [1.807, 2.05) is 4.90 Å². The largest absolute Gasteiger partial charge is 0.573 e. The third-order valence-electron chi connectivity index (χ3n) is 3.11. The Morgan fingerprint density at radius 3 is 2.29 bits per heavy atom. The van der Waals surface area contributed by atoms with Crippen molar-refractivity contribution >= 4 is 5.91 Å². The lowest BCUT2D eigenvalue weighted by Gasteiger charge is -2.32. The molecule has 1 unspecified atom stereocenters. The van der Waals surface area contributed by atoms with Crippen molar-refractivity contribution in [1.82, 2.24) is 4.90 Å². The number of nitrogens with two attached hydrogens (primary N) is 1. The average Bonchev–Trinajstić information content (AvgIpc) is 2.40. The molecule has 2 rings (SSSR count). The summed E-state index contributed by atoms with van der Waals surface area (Å²) in [4.78, 5) is 13.5. The lowest BCUT2D eigenvalue weighted by Crippen LogP contribution is -2.44. The molecule has 1 aliphatic heterocycles. The van der Waals surface area contributed by atoms with Gasteiger partial charge >= 0.3 is 6.36 Å². The third-order valence-corrected chi connectivity index (χ3v) is 3.11. The van der Waals surface area contributed by atoms with Crippen LogP contribution in [0.3, 0.4) is 0 Å². The highest BCUT2D eigenvalue weighted by Crippen LogP contribution is 2.27. The number of carbonyl (C=O) groups is 1. The van der Waals surface area contributed by atoms with E-state index in [-0.39, 0.29) is 5.75 Å². The molecule has 1 saturated heterocycles. The first kappa shape index (κ1) is 15.6. The molecule has 1 aromatic carbocycles. The second kappa shape index (κ2) is 6.31. The highest BCUT2D eigenvalue weighted by molar-refractivity contribution is 5.81. The van der Waals surface area contributed by atoms with Gasteiger partial charge in [-0.1, -0.05) is 12.1 Å². The number of halogens is 3. The fourth-order valence-corrected chi connectivity index (χ4v) is 2.24. The molecule has 0 saturated carbocycles. The quantitative estimate of drug-likeness (QED) is 0.914. The van der Waals surface area contributed by atoms with Gasteiger partial charge in [-0.05, 0) is 17.7 Å². The van der Waals surface area contributed by atoms with Crippen molar-refractivity contribution < 1.29 is 27.4 Å². The fourth-order valence-electron chi connectivity index (χ4n) is 2.24. The van der Waals surface area contributed by atoms with Gasteiger partial charge in [0.2, 0.25) is 5.91 Å². The Labute approximate surface area is 119 Å². The zero-order chi connectivity index (χ0) is 15.5. The number of rotatable bonds is 4. The second-order valence-electron chi connectivity index (χ2n) is 4.57. The standard InChI is InChI=1S/C13H15F3N2O3/c14-13(15,16)21-10-3-1-9(2-4-10)11(12(17)19)18-5-7-20-8-6-18/h1-4,11H,5-8H2,(H2,17,19). The SMILES string of the molecule is NC(=O)C(c1ccc(OC(F)(F)F)cc1)N1CCOCC1. The van der Waals surface area contributed by atoms with Crippen LogP contribution in [-0.4, -0.2) is 43.5 Å². The predicted octanol–water partition coefficient (Wildman–Crippen LogP) is 1.44. The first-order valence-electron chi connectivity index (χ1n) is 6.33. The van der Waals surface area contributed by atoms with Gasteiger partial charge in [0.25, 0.3) is 0 Å². The summed E-state index contributed by atoms with van der Waals surface area (Å²) in [5, 5.41) is 0. The highest BCUT2D eigenvalue weighted by Gasteiger charge is 2.31. The number of carbonyl (C=O) groups excluding carboxylic acids is 1. The molecule has 0 spiro atoms. The monoisotopic (exact) mass is 304 g/mol. The molecule has 116 valence electrons. The van der Waals surface area contributed by atoms with Crippen molar-refractivity contribution in [2.24, 2.45) is 5.73 Å². The van der Waals surface area contributed by atoms with Crippen LogP contribution < -0.4 is 10.5 Å². The van der Waals surface area contributed by atoms with Crippen LogP contribution in [0.5, 0.6) is 5.75 Å². The van der Waals surface area contributed by atoms with E-state index in [0.29, 0.717) is 31.9 Å². The zero-order valence-electron chi connectivity index (χ0n) is 11.1. The average molecular weight is 304 g/mol. The number of alkyl halides is 3. The first-order chi connectivity index (χ1) is 9.87. The summed E-state index contributed by atoms with van der Waals surface area (Å²) in [6.07, 6.45) is -4.74. The summed E-state index contributed by atoms with van der Waals surface area (Å²) in [6, 6.07) is 4.46. The van der Waals surface area contributed by atoms with E-state index in [4.69, 9.17) is 10.5 Å². The molecule has 1 amide bonds. The number of amides is 1. The predicted molar refractivity (Wildman–Crippen MR) is 67.5 cm³/mol. The van der Waals surface area contributed by atoms with E-state index in [2.05, 4.69) is 4.74 Å². The Kier molecular flexibility index (Phi) is 4.69. The van der Waals surface area contributed by atoms with Crippen molar-refractivity contribution in [3.05, 3.63) is 29.8 Å². The smallest absolute Gasteiger partial charge is 0.406 e. The summed E-state index contributed by atoms with van der Waals surface area (Å²) in [5.41, 5.74) is 5.93. The van der Waals surface area contributed by atoms with E-state index in [9.17, 15) is 18.0 Å². The van der Waals surface area contributed by atoms with Gasteiger partial charge in [-0.2, -0.15) is 0 Å². The molecule has 1 fully saturated rings. The molecule has 8 heteroatoms. The Morgan fingerprint density at radius 1 is 1.24 bits per heavy atom. The van der Waals surface area contributed by atoms with Gasteiger partial charge in [-0.25, -0.2) is 0 Å². The lowest BCUT2D eigenvalue weighted by molar-refractivity contribution is -0.274. The first-order valence-corrected chi connectivity index (χ1v) is 6.33. The summed E-state index contributed by atoms with van der Waals surface area (Å²) >= 11 is 0. The minimum Gasteiger partial charge on any atom is -0.406 e. The van der Waals surface area contributed by atoms with Crippen molar-refractivity contribution in [3.63, 3.8) is 0 Å². The number of benzene rings is 1. The Balaban J connectivity index is 2.15. The summed E-state index contributed by atoms with van der Waals surface area (Å²) < 4.78 is 45.3. The summed E-state index contributed by atoms with van der Waals surface area (Å²) in [5.74, 6) is -0.891. The highest BCUT2D eigenvalue weighted by atomic mass is 19.4. The molecule has 1 aliphatic rings. The van der Waals surface area contributed by atoms with Crippen LogP contribution in [0.4, 0.5) is 13.2 Å². The van der Waals surface area contributed by atoms with Gasteiger partial charge in [0.1, 0.15) is 11.8 Å². The molecule has 0 aromatic heterocycles. The molecule has 2 N–H and O–H groups in total. The van der Waals surface area contributed by atoms with Gasteiger partial charge in [0.05, 0.1) is 13.2 Å². The van der Waals surface area contributed by atoms with Crippen LogP contribution >= 0.6 is 0 Å². The zero-order valence-corrected chi connectivity index (χ0v) is 11.1. The van der Waals surface area contributed by atoms with Gasteiger partial charge in [0, 0.05) is 13.1 Å². The Hall–Kier alpha value is -1.80. The molecule has 5 nitrogen and oxygen atoms in total. The summed E-state index contributed by atoms with van der Waals surface area (Å²) in [7, 11) is 0. The fraction of sp³-hybridized carbons (Fsp3) is 0.462. The number of primary amides is 1. The molecule has 1 aromatic rings. The Morgan fingerprint density at radius 2 is 1.81 bits per heavy atom. The van der Waals surface area contributed by atoms with E-state index in [0.717, 1.165) is 0 Å². The molecule has 1 atom stereocenters. The van der Waals surface area contributed by atoms with Gasteiger partial charge in [0.15, 0.2) is 0 Å². The molecule has 0 bridgehead atoms. The van der Waals surface area contributed by atoms with Crippen molar-refractivity contribution in [2.75, 3.05) is 26.3 Å². The van der Waals surface area contributed by atoms with E-state index >= 15 is 0 Å². The molecule has 21 heavy (non-hydrogen) atoms. The minimum absolute atomic E-state index is 0.337. The van der Waals surface area contributed by atoms with Gasteiger partial charge in [-0.15, -0.1) is 13.2 Å². The lowest BCUT2D eigenvalue weighted by atomic mass is 10.0. The van der Waals surface area contributed by atoms with E-state index in [1.165, 1.54) is 24.3 Å². The van der Waals surface area contributed by atoms with Crippen molar-refractivity contribution in [3.8, 4) is 5.75 Å². The molecule has 1 heterocycles. The second-order valence-corrected chi connectivity index (χ2v) is 4.57. The molecular formula is C13H15F3N2O3. The molecular weight excluding hydrogens is 289 g/mol. The topological polar surface area (TPSA) is 64.8 Å². The maximum Gasteiger partial charge on any atom is 0.573 e. The maximum atomic E-state index is 12.1. The molecule has 0 aliphatic carbocycles. The third kappa shape index (κ3) is 4.33. The van der Waals surface area contributed by atoms with Crippen molar-refractivity contribution in [2.45, 2.75) is 12.4 Å². The van der Waals surface area contributed by atoms with Crippen LogP contribution in [0.15, 0.2) is 24.3 Å². The molecule has 0 radical (unpaired) electrons. The van der Waals surface area contributed by atoms with Crippen LogP contribution in [0.2, 0.25) is 0 Å². The maximum absolute atomic E-state index is 12.1. The number of morpholine rings is 1. The normalized spacial score (nSPS) is 18.2. The van der Waals surface area contributed by atoms with Gasteiger partial charge < -0.3 is 15.2 Å². The van der Waals surface area contributed by atoms with E-state index in [1.54, 1.807) is 0 Å². The van der Waals surface area contributed by atoms with Crippen LogP contribution in [0, 0.1) is 0 Å². The van der Waals surface area contributed by atoms with Crippen LogP contribution in [0.1, 0.15) is 11.6 Å². The van der Waals surface area contributed by atoms with Gasteiger partial charge in [-0.3, -0.25) is 9.69 Å². The summed E-state index contributed by atoms with van der Waals surface area (Å²) in [6.45, 7) is 2.04. The number of ether oxygens (including phenoxy) is 2. The number of hydrogen-bond donors (Lipinski definition) is 1. The van der Waals surface area contributed by atoms with E-state index < -0.39 is 18.3 Å². The van der Waals surface area contributed by atoms with Crippen molar-refractivity contribution in [1.29, 1.82) is 0 Å². The number of hydrogen-bond acceptors (Lipinski definition) is 4. The van der Waals surface area contributed by atoms with Crippen LogP contribution in [0.25, 0.3) is 0 Å².